The Balaban J connectivity index is 1.91. The third kappa shape index (κ3) is 6.53. The summed E-state index contributed by atoms with van der Waals surface area (Å²) in [6.07, 6.45) is 6.55. The number of hydrogen-bond donors (Lipinski definition) is 2. The molecular formula is C18H16BrN3O4S. The van der Waals surface area contributed by atoms with Gasteiger partial charge in [0.15, 0.2) is 0 Å². The summed E-state index contributed by atoms with van der Waals surface area (Å²) in [6.45, 7) is -0.308. The van der Waals surface area contributed by atoms with Gasteiger partial charge >= 0.3 is 0 Å². The number of halogens is 1. The maximum Gasteiger partial charge on any atom is 0.255 e. The highest BCUT2D eigenvalue weighted by Gasteiger charge is 2.14. The van der Waals surface area contributed by atoms with E-state index in [9.17, 15) is 13.2 Å². The summed E-state index contributed by atoms with van der Waals surface area (Å²) in [5.74, 6) is 2.31. The molecule has 0 saturated carbocycles. The number of nitrogens with zero attached hydrogens (tertiary/aromatic N) is 1. The summed E-state index contributed by atoms with van der Waals surface area (Å²) in [6, 6.07) is 12.9. The Bertz CT molecular complexity index is 970. The molecule has 0 aromatic heterocycles. The van der Waals surface area contributed by atoms with E-state index in [-0.39, 0.29) is 11.5 Å². The second-order valence-electron chi connectivity index (χ2n) is 5.11. The standard InChI is InChI=1S/C18H16BrN3O4S/c1-2-10-26-15-8-9-17(19)14(11-15)12-20-22-18(23)13-21-27(24,25)16-6-4-3-5-7-16/h1,3-9,11-12,21H,10,13H2,(H,22,23)/b20-12+. The van der Waals surface area contributed by atoms with Crippen molar-refractivity contribution in [2.45, 2.75) is 4.90 Å². The Morgan fingerprint density at radius 3 is 2.70 bits per heavy atom. The number of amides is 1. The van der Waals surface area contributed by atoms with E-state index in [2.05, 4.69) is 37.1 Å². The summed E-state index contributed by atoms with van der Waals surface area (Å²) in [5.41, 5.74) is 2.90. The first kappa shape index (κ1) is 20.6. The molecule has 0 bridgehead atoms. The van der Waals surface area contributed by atoms with Crippen molar-refractivity contribution in [2.75, 3.05) is 13.2 Å². The lowest BCUT2D eigenvalue weighted by molar-refractivity contribution is -0.119. The van der Waals surface area contributed by atoms with Gasteiger partial charge in [0.25, 0.3) is 5.91 Å². The number of benzene rings is 2. The van der Waals surface area contributed by atoms with Crippen molar-refractivity contribution in [2.24, 2.45) is 5.10 Å². The van der Waals surface area contributed by atoms with Gasteiger partial charge in [0.2, 0.25) is 10.0 Å². The van der Waals surface area contributed by atoms with Crippen molar-refractivity contribution in [1.29, 1.82) is 0 Å². The van der Waals surface area contributed by atoms with Gasteiger partial charge in [0, 0.05) is 10.0 Å². The Labute approximate surface area is 166 Å². The molecule has 2 rings (SSSR count). The largest absolute Gasteiger partial charge is 0.481 e. The molecule has 0 heterocycles. The summed E-state index contributed by atoms with van der Waals surface area (Å²) in [7, 11) is -3.76. The second kappa shape index (κ2) is 9.87. The maximum atomic E-state index is 12.0. The Kier molecular flexibility index (Phi) is 7.55. The predicted molar refractivity (Wildman–Crippen MR) is 106 cm³/mol. The van der Waals surface area contributed by atoms with Crippen molar-refractivity contribution in [3.05, 3.63) is 58.6 Å². The van der Waals surface area contributed by atoms with E-state index in [1.54, 1.807) is 36.4 Å². The Morgan fingerprint density at radius 1 is 1.26 bits per heavy atom. The lowest BCUT2D eigenvalue weighted by Crippen LogP contribution is -2.34. The topological polar surface area (TPSA) is 96.9 Å². The van der Waals surface area contributed by atoms with Gasteiger partial charge in [-0.05, 0) is 30.3 Å². The van der Waals surface area contributed by atoms with E-state index in [0.29, 0.717) is 11.3 Å². The molecule has 0 saturated heterocycles. The molecule has 0 atom stereocenters. The van der Waals surface area contributed by atoms with Crippen LogP contribution in [-0.2, 0) is 14.8 Å². The molecule has 7 nitrogen and oxygen atoms in total. The molecular weight excluding hydrogens is 434 g/mol. The lowest BCUT2D eigenvalue weighted by atomic mass is 10.2. The molecule has 0 radical (unpaired) electrons. The van der Waals surface area contributed by atoms with Crippen LogP contribution >= 0.6 is 15.9 Å². The zero-order valence-electron chi connectivity index (χ0n) is 14.1. The van der Waals surface area contributed by atoms with Gasteiger partial charge in [-0.25, -0.2) is 18.6 Å². The van der Waals surface area contributed by atoms with Gasteiger partial charge < -0.3 is 4.74 Å². The van der Waals surface area contributed by atoms with Gasteiger partial charge in [-0.3, -0.25) is 4.79 Å². The quantitative estimate of drug-likeness (QED) is 0.365. The van der Waals surface area contributed by atoms with Crippen LogP contribution in [0.15, 0.2) is 63.0 Å². The van der Waals surface area contributed by atoms with E-state index >= 15 is 0 Å². The summed E-state index contributed by atoms with van der Waals surface area (Å²) in [4.78, 5) is 11.9. The molecule has 2 N–H and O–H groups in total. The first-order valence-corrected chi connectivity index (χ1v) is 9.92. The molecule has 2 aromatic carbocycles. The van der Waals surface area contributed by atoms with E-state index in [1.165, 1.54) is 18.3 Å². The second-order valence-corrected chi connectivity index (χ2v) is 7.73. The van der Waals surface area contributed by atoms with Crippen LogP contribution in [0.2, 0.25) is 0 Å². The van der Waals surface area contributed by atoms with Crippen LogP contribution in [-0.4, -0.2) is 33.7 Å². The normalized spacial score (nSPS) is 11.1. The number of carbonyl (C=O) groups is 1. The summed E-state index contributed by atoms with van der Waals surface area (Å²) < 4.78 is 32.3. The van der Waals surface area contributed by atoms with E-state index in [0.717, 1.165) is 4.47 Å². The zero-order valence-corrected chi connectivity index (χ0v) is 16.5. The van der Waals surface area contributed by atoms with E-state index in [1.807, 2.05) is 0 Å². The maximum absolute atomic E-state index is 12.0. The monoisotopic (exact) mass is 449 g/mol. The molecule has 0 aliphatic rings. The highest BCUT2D eigenvalue weighted by atomic mass is 79.9. The van der Waals surface area contributed by atoms with Crippen LogP contribution < -0.4 is 14.9 Å². The molecule has 27 heavy (non-hydrogen) atoms. The number of hydrogen-bond acceptors (Lipinski definition) is 5. The number of terminal acetylenes is 1. The minimum Gasteiger partial charge on any atom is -0.481 e. The molecule has 0 spiro atoms. The smallest absolute Gasteiger partial charge is 0.255 e. The van der Waals surface area contributed by atoms with Gasteiger partial charge in [0.1, 0.15) is 12.4 Å². The molecule has 140 valence electrons. The first-order chi connectivity index (χ1) is 12.9. The minimum atomic E-state index is -3.76. The molecule has 0 aliphatic heterocycles. The van der Waals surface area contributed by atoms with Crippen molar-refractivity contribution >= 4 is 38.1 Å². The molecule has 9 heteroatoms. The lowest BCUT2D eigenvalue weighted by Gasteiger charge is -2.06. The zero-order chi connectivity index (χ0) is 19.7. The van der Waals surface area contributed by atoms with Crippen LogP contribution in [0, 0.1) is 12.3 Å². The Hall–Kier alpha value is -2.67. The first-order valence-electron chi connectivity index (χ1n) is 7.65. The fourth-order valence-electron chi connectivity index (χ4n) is 1.89. The van der Waals surface area contributed by atoms with Gasteiger partial charge in [-0.15, -0.1) is 6.42 Å². The minimum absolute atomic E-state index is 0.0778. The van der Waals surface area contributed by atoms with Crippen LogP contribution in [0.5, 0.6) is 5.75 Å². The van der Waals surface area contributed by atoms with Gasteiger partial charge in [-0.2, -0.15) is 5.10 Å². The molecule has 2 aromatic rings. The van der Waals surface area contributed by atoms with Crippen LogP contribution in [0.4, 0.5) is 0 Å². The van der Waals surface area contributed by atoms with Gasteiger partial charge in [0.05, 0.1) is 17.7 Å². The number of ether oxygens (including phenoxy) is 1. The van der Waals surface area contributed by atoms with E-state index in [4.69, 9.17) is 11.2 Å². The summed E-state index contributed by atoms with van der Waals surface area (Å²) in [5, 5.41) is 3.81. The van der Waals surface area contributed by atoms with Gasteiger partial charge in [-0.1, -0.05) is 40.0 Å². The number of nitrogens with one attached hydrogen (secondary N) is 2. The SMILES string of the molecule is C#CCOc1ccc(Br)c(/C=N/NC(=O)CNS(=O)(=O)c2ccccc2)c1. The van der Waals surface area contributed by atoms with Crippen molar-refractivity contribution in [3.63, 3.8) is 0 Å². The molecule has 1 amide bonds. The molecule has 0 aliphatic carbocycles. The predicted octanol–water partition coefficient (Wildman–Crippen LogP) is 1.89. The molecule has 0 fully saturated rings. The third-order valence-corrected chi connectivity index (χ3v) is 5.30. The van der Waals surface area contributed by atoms with Crippen molar-refractivity contribution in [3.8, 4) is 18.1 Å². The fourth-order valence-corrected chi connectivity index (χ4v) is 3.24. The van der Waals surface area contributed by atoms with Crippen LogP contribution in [0.1, 0.15) is 5.56 Å². The van der Waals surface area contributed by atoms with Crippen LogP contribution in [0.25, 0.3) is 0 Å². The van der Waals surface area contributed by atoms with Crippen molar-refractivity contribution in [1.82, 2.24) is 10.1 Å². The van der Waals surface area contributed by atoms with Crippen LogP contribution in [0.3, 0.4) is 0 Å². The summed E-state index contributed by atoms with van der Waals surface area (Å²) >= 11 is 3.36. The highest BCUT2D eigenvalue weighted by Crippen LogP contribution is 2.21. The number of hydrazone groups is 1. The number of sulfonamides is 1. The highest BCUT2D eigenvalue weighted by molar-refractivity contribution is 9.10. The molecule has 0 unspecified atom stereocenters. The Morgan fingerprint density at radius 2 is 2.00 bits per heavy atom. The average molecular weight is 450 g/mol. The fraction of sp³-hybridized carbons (Fsp3) is 0.111. The third-order valence-electron chi connectivity index (χ3n) is 3.16. The number of rotatable bonds is 8. The van der Waals surface area contributed by atoms with Crippen molar-refractivity contribution < 1.29 is 17.9 Å². The number of carbonyl (C=O) groups excluding carboxylic acids is 1. The average Bonchev–Trinajstić information content (AvgIpc) is 2.67. The van der Waals surface area contributed by atoms with E-state index < -0.39 is 22.5 Å².